The quantitative estimate of drug-likeness (QED) is 0.833. The second-order valence-corrected chi connectivity index (χ2v) is 7.13. The van der Waals surface area contributed by atoms with Crippen molar-refractivity contribution in [1.29, 1.82) is 0 Å². The summed E-state index contributed by atoms with van der Waals surface area (Å²) >= 11 is 0. The van der Waals surface area contributed by atoms with E-state index in [0.717, 1.165) is 25.1 Å². The monoisotopic (exact) mass is 295 g/mol. The van der Waals surface area contributed by atoms with Crippen molar-refractivity contribution in [2.75, 3.05) is 25.5 Å². The number of likely N-dealkylation sites (N-methyl/N-ethyl adjacent to an activating group) is 1. The number of sulfonamides is 1. The van der Waals surface area contributed by atoms with Gasteiger partial charge in [-0.1, -0.05) is 0 Å². The van der Waals surface area contributed by atoms with Gasteiger partial charge in [0, 0.05) is 18.3 Å². The van der Waals surface area contributed by atoms with Crippen LogP contribution in [-0.4, -0.2) is 45.4 Å². The molecule has 2 N–H and O–H groups in total. The molecule has 1 saturated heterocycles. The minimum absolute atomic E-state index is 0.0435. The van der Waals surface area contributed by atoms with Crippen molar-refractivity contribution in [3.63, 3.8) is 0 Å². The van der Waals surface area contributed by atoms with Crippen molar-refractivity contribution >= 4 is 21.6 Å². The molecular formula is C13H17N3O3S. The number of nitrogens with one attached hydrogen (secondary N) is 2. The van der Waals surface area contributed by atoms with E-state index in [-0.39, 0.29) is 23.3 Å². The molecule has 20 heavy (non-hydrogen) atoms. The molecule has 7 heteroatoms. The summed E-state index contributed by atoms with van der Waals surface area (Å²) in [6, 6.07) is 4.72. The van der Waals surface area contributed by atoms with Crippen LogP contribution >= 0.6 is 0 Å². The minimum Gasteiger partial charge on any atom is -0.326 e. The van der Waals surface area contributed by atoms with E-state index in [1.807, 2.05) is 7.05 Å². The van der Waals surface area contributed by atoms with E-state index >= 15 is 0 Å². The van der Waals surface area contributed by atoms with Crippen LogP contribution in [0.25, 0.3) is 0 Å². The van der Waals surface area contributed by atoms with Gasteiger partial charge < -0.3 is 10.2 Å². The number of anilines is 1. The molecule has 6 nitrogen and oxygen atoms in total. The third kappa shape index (κ3) is 2.56. The van der Waals surface area contributed by atoms with Crippen molar-refractivity contribution < 1.29 is 13.2 Å². The molecule has 0 saturated carbocycles. The number of amides is 1. The number of carbonyl (C=O) groups is 1. The highest BCUT2D eigenvalue weighted by molar-refractivity contribution is 7.89. The molecule has 2 aliphatic rings. The van der Waals surface area contributed by atoms with E-state index in [4.69, 9.17) is 0 Å². The third-order valence-corrected chi connectivity index (χ3v) is 5.24. The molecule has 0 radical (unpaired) electrons. The van der Waals surface area contributed by atoms with E-state index in [1.165, 1.54) is 6.07 Å². The van der Waals surface area contributed by atoms with E-state index in [2.05, 4.69) is 14.9 Å². The van der Waals surface area contributed by atoms with Gasteiger partial charge in [0.1, 0.15) is 0 Å². The zero-order valence-corrected chi connectivity index (χ0v) is 12.0. The molecule has 1 atom stereocenters. The Bertz CT molecular complexity index is 657. The summed E-state index contributed by atoms with van der Waals surface area (Å²) in [4.78, 5) is 13.6. The zero-order valence-electron chi connectivity index (χ0n) is 11.2. The molecular weight excluding hydrogens is 278 g/mol. The first-order valence-corrected chi connectivity index (χ1v) is 8.06. The molecule has 1 amide bonds. The Morgan fingerprint density at radius 1 is 1.40 bits per heavy atom. The minimum atomic E-state index is -3.52. The van der Waals surface area contributed by atoms with Gasteiger partial charge in [0.2, 0.25) is 15.9 Å². The van der Waals surface area contributed by atoms with Crippen molar-refractivity contribution in [2.24, 2.45) is 0 Å². The summed E-state index contributed by atoms with van der Waals surface area (Å²) in [5.41, 5.74) is 1.44. The maximum absolute atomic E-state index is 12.3. The van der Waals surface area contributed by atoms with Gasteiger partial charge >= 0.3 is 0 Å². The molecule has 2 heterocycles. The average Bonchev–Trinajstić information content (AvgIpc) is 2.92. The molecule has 1 unspecified atom stereocenters. The maximum atomic E-state index is 12.3. The Morgan fingerprint density at radius 2 is 2.20 bits per heavy atom. The lowest BCUT2D eigenvalue weighted by molar-refractivity contribution is -0.115. The molecule has 0 spiro atoms. The second kappa shape index (κ2) is 4.83. The summed E-state index contributed by atoms with van der Waals surface area (Å²) in [5, 5.41) is 2.69. The number of rotatable bonds is 3. The molecule has 0 aromatic heterocycles. The van der Waals surface area contributed by atoms with Crippen molar-refractivity contribution in [2.45, 2.75) is 23.8 Å². The van der Waals surface area contributed by atoms with Gasteiger partial charge in [-0.15, -0.1) is 0 Å². The predicted octanol–water partition coefficient (Wildman–Crippen LogP) is 0.164. The Morgan fingerprint density at radius 3 is 2.90 bits per heavy atom. The molecule has 2 aliphatic heterocycles. The van der Waals surface area contributed by atoms with E-state index in [0.29, 0.717) is 5.69 Å². The smallest absolute Gasteiger partial charge is 0.240 e. The van der Waals surface area contributed by atoms with E-state index in [9.17, 15) is 13.2 Å². The van der Waals surface area contributed by atoms with Crippen LogP contribution in [0.5, 0.6) is 0 Å². The summed E-state index contributed by atoms with van der Waals surface area (Å²) in [6.07, 6.45) is 1.06. The summed E-state index contributed by atoms with van der Waals surface area (Å²) < 4.78 is 27.4. The van der Waals surface area contributed by atoms with E-state index < -0.39 is 10.0 Å². The SMILES string of the molecule is CN1CCC(NS(=O)(=O)c2ccc3c(c2)CC(=O)N3)C1. The lowest BCUT2D eigenvalue weighted by Gasteiger charge is -2.13. The Balaban J connectivity index is 1.81. The summed E-state index contributed by atoms with van der Waals surface area (Å²) in [7, 11) is -1.55. The Hall–Kier alpha value is -1.44. The van der Waals surface area contributed by atoms with Crippen LogP contribution in [0, 0.1) is 0 Å². The first-order valence-electron chi connectivity index (χ1n) is 6.58. The molecule has 1 fully saturated rings. The summed E-state index contributed by atoms with van der Waals surface area (Å²) in [6.45, 7) is 1.63. The largest absolute Gasteiger partial charge is 0.326 e. The molecule has 3 rings (SSSR count). The lowest BCUT2D eigenvalue weighted by atomic mass is 10.2. The number of carbonyl (C=O) groups excluding carboxylic acids is 1. The number of hydrogen-bond acceptors (Lipinski definition) is 4. The van der Waals surface area contributed by atoms with Gasteiger partial charge in [-0.05, 0) is 43.8 Å². The Labute approximate surface area is 118 Å². The Kier molecular flexibility index (Phi) is 3.27. The highest BCUT2D eigenvalue weighted by Gasteiger charge is 2.27. The number of benzene rings is 1. The zero-order chi connectivity index (χ0) is 14.3. The molecule has 1 aromatic carbocycles. The predicted molar refractivity (Wildman–Crippen MR) is 75.0 cm³/mol. The lowest BCUT2D eigenvalue weighted by Crippen LogP contribution is -2.36. The van der Waals surface area contributed by atoms with Gasteiger partial charge in [-0.25, -0.2) is 13.1 Å². The van der Waals surface area contributed by atoms with Gasteiger partial charge in [-0.2, -0.15) is 0 Å². The first kappa shape index (κ1) is 13.5. The van der Waals surface area contributed by atoms with Gasteiger partial charge in [0.05, 0.1) is 11.3 Å². The summed E-state index contributed by atoms with van der Waals surface area (Å²) in [5.74, 6) is -0.0973. The molecule has 1 aromatic rings. The molecule has 108 valence electrons. The fourth-order valence-electron chi connectivity index (χ4n) is 2.69. The van der Waals surface area contributed by atoms with Gasteiger partial charge in [0.15, 0.2) is 0 Å². The topological polar surface area (TPSA) is 78.5 Å². The highest BCUT2D eigenvalue weighted by atomic mass is 32.2. The number of likely N-dealkylation sites (tertiary alicyclic amines) is 1. The third-order valence-electron chi connectivity index (χ3n) is 3.73. The van der Waals surface area contributed by atoms with Crippen LogP contribution in [0.1, 0.15) is 12.0 Å². The number of hydrogen-bond donors (Lipinski definition) is 2. The standard InChI is InChI=1S/C13H17N3O3S/c1-16-5-4-10(8-16)15-20(18,19)11-2-3-12-9(6-11)7-13(17)14-12/h2-3,6,10,15H,4-5,7-8H2,1H3,(H,14,17). The normalized spacial score (nSPS) is 22.9. The maximum Gasteiger partial charge on any atom is 0.240 e. The highest BCUT2D eigenvalue weighted by Crippen LogP contribution is 2.26. The fourth-order valence-corrected chi connectivity index (χ4v) is 4.00. The van der Waals surface area contributed by atoms with E-state index in [1.54, 1.807) is 12.1 Å². The van der Waals surface area contributed by atoms with Crippen LogP contribution in [0.2, 0.25) is 0 Å². The fraction of sp³-hybridized carbons (Fsp3) is 0.462. The van der Waals surface area contributed by atoms with Crippen LogP contribution in [0.15, 0.2) is 23.1 Å². The second-order valence-electron chi connectivity index (χ2n) is 5.41. The van der Waals surface area contributed by atoms with Crippen LogP contribution in [-0.2, 0) is 21.2 Å². The van der Waals surface area contributed by atoms with Crippen LogP contribution in [0.4, 0.5) is 5.69 Å². The van der Waals surface area contributed by atoms with Crippen LogP contribution < -0.4 is 10.0 Å². The van der Waals surface area contributed by atoms with Crippen LogP contribution in [0.3, 0.4) is 0 Å². The molecule has 0 bridgehead atoms. The van der Waals surface area contributed by atoms with Crippen molar-refractivity contribution in [3.05, 3.63) is 23.8 Å². The molecule has 0 aliphatic carbocycles. The van der Waals surface area contributed by atoms with Crippen molar-refractivity contribution in [1.82, 2.24) is 9.62 Å². The first-order chi connectivity index (χ1) is 9.44. The number of fused-ring (bicyclic) bond motifs is 1. The van der Waals surface area contributed by atoms with Gasteiger partial charge in [0.25, 0.3) is 0 Å². The van der Waals surface area contributed by atoms with Gasteiger partial charge in [-0.3, -0.25) is 4.79 Å². The van der Waals surface area contributed by atoms with Crippen molar-refractivity contribution in [3.8, 4) is 0 Å². The number of nitrogens with zero attached hydrogens (tertiary/aromatic N) is 1. The average molecular weight is 295 g/mol.